The van der Waals surface area contributed by atoms with E-state index in [0.29, 0.717) is 6.54 Å². The van der Waals surface area contributed by atoms with Gasteiger partial charge < -0.3 is 14.8 Å². The van der Waals surface area contributed by atoms with E-state index in [2.05, 4.69) is 30.7 Å². The van der Waals surface area contributed by atoms with Crippen LogP contribution < -0.4 is 5.32 Å². The fourth-order valence-electron chi connectivity index (χ4n) is 3.65. The first-order valence-corrected chi connectivity index (χ1v) is 9.41. The molecule has 0 spiro atoms. The summed E-state index contributed by atoms with van der Waals surface area (Å²) in [6, 6.07) is 5.71. The van der Waals surface area contributed by atoms with Gasteiger partial charge >= 0.3 is 6.03 Å². The third-order valence-electron chi connectivity index (χ3n) is 5.22. The van der Waals surface area contributed by atoms with Crippen LogP contribution in [0.25, 0.3) is 11.4 Å². The Morgan fingerprint density at radius 3 is 2.89 bits per heavy atom. The van der Waals surface area contributed by atoms with Crippen LogP contribution in [0.5, 0.6) is 0 Å². The third-order valence-corrected chi connectivity index (χ3v) is 5.22. The number of carbonyl (C=O) groups is 1. The van der Waals surface area contributed by atoms with Crippen molar-refractivity contribution in [2.75, 3.05) is 18.4 Å². The Morgan fingerprint density at radius 1 is 1.32 bits per heavy atom. The van der Waals surface area contributed by atoms with Crippen LogP contribution in [0, 0.1) is 13.8 Å². The van der Waals surface area contributed by atoms with E-state index in [0.717, 1.165) is 53.7 Å². The summed E-state index contributed by atoms with van der Waals surface area (Å²) < 4.78 is 1.86. The highest BCUT2D eigenvalue weighted by atomic mass is 16.2. The largest absolute Gasteiger partial charge is 0.324 e. The minimum atomic E-state index is -0.102. The number of urea groups is 1. The number of carbonyl (C=O) groups excluding carboxylic acids is 1. The molecule has 1 aromatic carbocycles. The van der Waals surface area contributed by atoms with Gasteiger partial charge in [-0.2, -0.15) is 5.10 Å². The van der Waals surface area contributed by atoms with Gasteiger partial charge in [0.05, 0.1) is 0 Å². The van der Waals surface area contributed by atoms with Crippen LogP contribution in [0.1, 0.15) is 36.0 Å². The number of nitrogens with zero attached hydrogens (tertiary/aromatic N) is 6. The van der Waals surface area contributed by atoms with Crippen LogP contribution in [0.15, 0.2) is 24.5 Å². The van der Waals surface area contributed by atoms with Crippen molar-refractivity contribution in [1.82, 2.24) is 34.8 Å². The number of likely N-dealkylation sites (tertiary alicyclic amines) is 1. The number of rotatable bonds is 3. The molecule has 2 N–H and O–H groups in total. The van der Waals surface area contributed by atoms with Crippen molar-refractivity contribution in [2.24, 2.45) is 7.05 Å². The van der Waals surface area contributed by atoms with E-state index in [9.17, 15) is 4.79 Å². The lowest BCUT2D eigenvalue weighted by molar-refractivity contribution is 0.191. The molecule has 3 heterocycles. The van der Waals surface area contributed by atoms with E-state index >= 15 is 0 Å². The third kappa shape index (κ3) is 3.47. The smallest absolute Gasteiger partial charge is 0.321 e. The number of amides is 2. The zero-order valence-corrected chi connectivity index (χ0v) is 16.3. The molecule has 0 saturated carbocycles. The first-order chi connectivity index (χ1) is 13.5. The first-order valence-electron chi connectivity index (χ1n) is 9.41. The van der Waals surface area contributed by atoms with Gasteiger partial charge in [0.25, 0.3) is 0 Å². The molecule has 1 fully saturated rings. The van der Waals surface area contributed by atoms with Gasteiger partial charge in [-0.05, 0) is 38.3 Å². The molecule has 1 aliphatic heterocycles. The Morgan fingerprint density at radius 2 is 2.18 bits per heavy atom. The number of nitrogens with one attached hydrogen (secondary N) is 2. The summed E-state index contributed by atoms with van der Waals surface area (Å²) >= 11 is 0. The van der Waals surface area contributed by atoms with Crippen molar-refractivity contribution in [3.63, 3.8) is 0 Å². The maximum Gasteiger partial charge on any atom is 0.321 e. The van der Waals surface area contributed by atoms with Crippen LogP contribution in [0.4, 0.5) is 10.5 Å². The summed E-state index contributed by atoms with van der Waals surface area (Å²) in [5.74, 6) is 2.52. The Kier molecular flexibility index (Phi) is 4.81. The lowest BCUT2D eigenvalue weighted by Gasteiger charge is -2.31. The molecule has 0 aliphatic carbocycles. The lowest BCUT2D eigenvalue weighted by Crippen LogP contribution is -2.42. The molecular formula is C19H24N8O. The zero-order valence-electron chi connectivity index (χ0n) is 16.3. The van der Waals surface area contributed by atoms with Crippen LogP contribution in [-0.4, -0.2) is 54.0 Å². The maximum atomic E-state index is 12.9. The molecule has 146 valence electrons. The minimum Gasteiger partial charge on any atom is -0.324 e. The molecule has 1 atom stereocenters. The van der Waals surface area contributed by atoms with E-state index in [1.165, 1.54) is 0 Å². The summed E-state index contributed by atoms with van der Waals surface area (Å²) in [6.07, 6.45) is 3.59. The number of piperidine rings is 1. The van der Waals surface area contributed by atoms with E-state index in [4.69, 9.17) is 0 Å². The number of aromatic amines is 1. The number of hydrogen-bond donors (Lipinski definition) is 2. The van der Waals surface area contributed by atoms with Gasteiger partial charge in [0.15, 0.2) is 11.6 Å². The number of H-pyrrole nitrogens is 1. The monoisotopic (exact) mass is 380 g/mol. The molecular weight excluding hydrogens is 356 g/mol. The Bertz CT molecular complexity index is 991. The summed E-state index contributed by atoms with van der Waals surface area (Å²) in [5.41, 5.74) is 2.69. The van der Waals surface area contributed by atoms with Crippen molar-refractivity contribution < 1.29 is 4.79 Å². The SMILES string of the molecule is Cc1nc(C2CCCN(C(=O)Nc3cccc(-c4nncn4C)c3C)C2)n[nH]1. The van der Waals surface area contributed by atoms with Crippen LogP contribution >= 0.6 is 0 Å². The Labute approximate surface area is 163 Å². The second kappa shape index (κ2) is 7.41. The molecule has 0 bridgehead atoms. The highest BCUT2D eigenvalue weighted by molar-refractivity contribution is 5.91. The van der Waals surface area contributed by atoms with E-state index in [1.54, 1.807) is 6.33 Å². The number of aryl methyl sites for hydroxylation is 2. The van der Waals surface area contributed by atoms with Gasteiger partial charge in [0.2, 0.25) is 0 Å². The molecule has 28 heavy (non-hydrogen) atoms. The van der Waals surface area contributed by atoms with E-state index in [-0.39, 0.29) is 11.9 Å². The molecule has 0 radical (unpaired) electrons. The van der Waals surface area contributed by atoms with Crippen molar-refractivity contribution in [3.8, 4) is 11.4 Å². The topological polar surface area (TPSA) is 105 Å². The summed E-state index contributed by atoms with van der Waals surface area (Å²) in [4.78, 5) is 19.2. The van der Waals surface area contributed by atoms with E-state index in [1.807, 2.05) is 48.6 Å². The molecule has 3 aromatic rings. The molecule has 9 heteroatoms. The molecule has 2 amide bonds. The Hall–Kier alpha value is -3.23. The normalized spacial score (nSPS) is 17.0. The molecule has 9 nitrogen and oxygen atoms in total. The van der Waals surface area contributed by atoms with Gasteiger partial charge in [-0.3, -0.25) is 5.10 Å². The molecule has 2 aromatic heterocycles. The van der Waals surface area contributed by atoms with E-state index < -0.39 is 0 Å². The molecule has 1 saturated heterocycles. The van der Waals surface area contributed by atoms with Gasteiger partial charge in [-0.25, -0.2) is 9.78 Å². The highest BCUT2D eigenvalue weighted by Gasteiger charge is 2.27. The average molecular weight is 380 g/mol. The summed E-state index contributed by atoms with van der Waals surface area (Å²) in [7, 11) is 1.90. The predicted octanol–water partition coefficient (Wildman–Crippen LogP) is 2.63. The predicted molar refractivity (Wildman–Crippen MR) is 105 cm³/mol. The number of aromatic nitrogens is 6. The van der Waals surface area contributed by atoms with Crippen molar-refractivity contribution >= 4 is 11.7 Å². The number of benzene rings is 1. The first kappa shape index (κ1) is 18.1. The quantitative estimate of drug-likeness (QED) is 0.727. The van der Waals surface area contributed by atoms with Gasteiger partial charge in [-0.1, -0.05) is 12.1 Å². The second-order valence-electron chi connectivity index (χ2n) is 7.24. The van der Waals surface area contributed by atoms with Gasteiger partial charge in [0, 0.05) is 37.3 Å². The second-order valence-corrected chi connectivity index (χ2v) is 7.24. The van der Waals surface area contributed by atoms with Crippen LogP contribution in [0.3, 0.4) is 0 Å². The van der Waals surface area contributed by atoms with Gasteiger partial charge in [-0.15, -0.1) is 10.2 Å². The van der Waals surface area contributed by atoms with Crippen molar-refractivity contribution in [3.05, 3.63) is 41.7 Å². The fourth-order valence-corrected chi connectivity index (χ4v) is 3.65. The van der Waals surface area contributed by atoms with Gasteiger partial charge in [0.1, 0.15) is 12.2 Å². The number of anilines is 1. The molecule has 1 aliphatic rings. The van der Waals surface area contributed by atoms with Crippen LogP contribution in [0.2, 0.25) is 0 Å². The number of hydrogen-bond acceptors (Lipinski definition) is 5. The summed E-state index contributed by atoms with van der Waals surface area (Å²) in [5, 5.41) is 18.3. The Balaban J connectivity index is 1.50. The standard InChI is InChI=1S/C19H24N8O/c1-12-15(18-25-20-11-26(18)3)7-4-8-16(12)22-19(28)27-9-5-6-14(10-27)17-21-13(2)23-24-17/h4,7-8,11,14H,5-6,9-10H2,1-3H3,(H,22,28)(H,21,23,24). The summed E-state index contributed by atoms with van der Waals surface area (Å²) in [6.45, 7) is 5.21. The van der Waals surface area contributed by atoms with Crippen LogP contribution in [-0.2, 0) is 7.05 Å². The maximum absolute atomic E-state index is 12.9. The average Bonchev–Trinajstić information content (AvgIpc) is 3.32. The highest BCUT2D eigenvalue weighted by Crippen LogP contribution is 2.28. The minimum absolute atomic E-state index is 0.102. The molecule has 1 unspecified atom stereocenters. The molecule has 4 rings (SSSR count). The lowest BCUT2D eigenvalue weighted by atomic mass is 9.97. The van der Waals surface area contributed by atoms with Crippen molar-refractivity contribution in [2.45, 2.75) is 32.6 Å². The fraction of sp³-hybridized carbons (Fsp3) is 0.421. The zero-order chi connectivity index (χ0) is 19.7. The van der Waals surface area contributed by atoms with Crippen molar-refractivity contribution in [1.29, 1.82) is 0 Å².